The number of thiazole rings is 1. The zero-order chi connectivity index (χ0) is 26.0. The summed E-state index contributed by atoms with van der Waals surface area (Å²) in [7, 11) is 3.61. The first-order chi connectivity index (χ1) is 17.2. The lowest BCUT2D eigenvalue weighted by Crippen LogP contribution is -2.61. The molecule has 1 aromatic heterocycles. The molecule has 0 spiro atoms. The van der Waals surface area contributed by atoms with E-state index in [2.05, 4.69) is 20.5 Å². The SMILES string of the molecule is CN1CCc2nc(C(=O)N(C)C3CN(C=O)CC[C@@H]3NC(=O)C(=O)Nc3ccc(Cl)c(F)c3)sc2C1. The zero-order valence-electron chi connectivity index (χ0n) is 19.8. The second-order valence-corrected chi connectivity index (χ2v) is 10.4. The number of anilines is 1. The summed E-state index contributed by atoms with van der Waals surface area (Å²) >= 11 is 7.00. The first-order valence-electron chi connectivity index (χ1n) is 11.4. The van der Waals surface area contributed by atoms with Crippen LogP contribution in [0.5, 0.6) is 0 Å². The summed E-state index contributed by atoms with van der Waals surface area (Å²) in [6, 6.07) is 2.49. The van der Waals surface area contributed by atoms with Gasteiger partial charge in [-0.3, -0.25) is 19.2 Å². The van der Waals surface area contributed by atoms with E-state index in [4.69, 9.17) is 11.6 Å². The standard InChI is InChI=1S/C23H26ClFN6O4S/c1-29-7-5-17-19(11-29)36-22(28-17)23(35)30(2)18-10-31(12-32)8-6-16(18)27-21(34)20(33)26-13-3-4-14(24)15(25)9-13/h3-4,9,12,16,18H,5-8,10-11H2,1-2H3,(H,26,33)(H,27,34)/t16-,18?/m0/s1. The lowest BCUT2D eigenvalue weighted by molar-refractivity contribution is -0.137. The molecule has 3 heterocycles. The molecule has 1 unspecified atom stereocenters. The Morgan fingerprint density at radius 1 is 1.28 bits per heavy atom. The van der Waals surface area contributed by atoms with Gasteiger partial charge in [-0.25, -0.2) is 9.37 Å². The van der Waals surface area contributed by atoms with Crippen molar-refractivity contribution in [2.75, 3.05) is 39.0 Å². The predicted octanol–water partition coefficient (Wildman–Crippen LogP) is 1.35. The van der Waals surface area contributed by atoms with Gasteiger partial charge in [-0.15, -0.1) is 11.3 Å². The van der Waals surface area contributed by atoms with Crippen LogP contribution in [0, 0.1) is 5.82 Å². The molecular weight excluding hydrogens is 511 g/mol. The zero-order valence-corrected chi connectivity index (χ0v) is 21.4. The van der Waals surface area contributed by atoms with Crippen molar-refractivity contribution in [1.29, 1.82) is 0 Å². The van der Waals surface area contributed by atoms with Gasteiger partial charge in [0.1, 0.15) is 5.82 Å². The van der Waals surface area contributed by atoms with Crippen molar-refractivity contribution in [2.24, 2.45) is 0 Å². The van der Waals surface area contributed by atoms with E-state index in [-0.39, 0.29) is 23.2 Å². The largest absolute Gasteiger partial charge is 0.343 e. The van der Waals surface area contributed by atoms with E-state index in [0.717, 1.165) is 36.1 Å². The molecule has 13 heteroatoms. The van der Waals surface area contributed by atoms with Gasteiger partial charge in [0.2, 0.25) is 6.41 Å². The number of hydrogen-bond acceptors (Lipinski definition) is 7. The van der Waals surface area contributed by atoms with Crippen LogP contribution in [0.4, 0.5) is 10.1 Å². The summed E-state index contributed by atoms with van der Waals surface area (Å²) < 4.78 is 13.7. The van der Waals surface area contributed by atoms with Crippen molar-refractivity contribution in [2.45, 2.75) is 31.5 Å². The topological polar surface area (TPSA) is 115 Å². The highest BCUT2D eigenvalue weighted by molar-refractivity contribution is 7.13. The summed E-state index contributed by atoms with van der Waals surface area (Å²) in [6.07, 6.45) is 1.81. The second kappa shape index (κ2) is 10.9. The molecule has 10 nitrogen and oxygen atoms in total. The monoisotopic (exact) mass is 536 g/mol. The summed E-state index contributed by atoms with van der Waals surface area (Å²) in [4.78, 5) is 60.6. The van der Waals surface area contributed by atoms with Gasteiger partial charge >= 0.3 is 11.8 Å². The van der Waals surface area contributed by atoms with Crippen LogP contribution in [0.25, 0.3) is 0 Å². The van der Waals surface area contributed by atoms with E-state index in [1.165, 1.54) is 33.3 Å². The van der Waals surface area contributed by atoms with Crippen molar-refractivity contribution in [3.8, 4) is 0 Å². The smallest absolute Gasteiger partial charge is 0.313 e. The number of carbonyl (C=O) groups is 4. The number of carbonyl (C=O) groups excluding carboxylic acids is 4. The van der Waals surface area contributed by atoms with Gasteiger partial charge in [0, 0.05) is 50.2 Å². The Bertz CT molecular complexity index is 1190. The molecule has 2 aliphatic heterocycles. The van der Waals surface area contributed by atoms with Gasteiger partial charge in [0.25, 0.3) is 5.91 Å². The van der Waals surface area contributed by atoms with E-state index in [0.29, 0.717) is 24.4 Å². The number of rotatable bonds is 5. The number of nitrogens with one attached hydrogen (secondary N) is 2. The molecule has 0 radical (unpaired) electrons. The molecule has 2 N–H and O–H groups in total. The molecule has 0 aliphatic carbocycles. The van der Waals surface area contributed by atoms with Gasteiger partial charge in [-0.2, -0.15) is 0 Å². The van der Waals surface area contributed by atoms with Crippen LogP contribution in [-0.2, 0) is 27.3 Å². The third-order valence-electron chi connectivity index (χ3n) is 6.39. The van der Waals surface area contributed by atoms with Crippen molar-refractivity contribution >= 4 is 52.8 Å². The number of halogens is 2. The Kier molecular flexibility index (Phi) is 7.86. The van der Waals surface area contributed by atoms with Crippen LogP contribution < -0.4 is 10.6 Å². The van der Waals surface area contributed by atoms with E-state index >= 15 is 0 Å². The van der Waals surface area contributed by atoms with Crippen molar-refractivity contribution in [1.82, 2.24) is 25.0 Å². The number of benzene rings is 1. The molecule has 2 aliphatic rings. The Morgan fingerprint density at radius 3 is 2.78 bits per heavy atom. The predicted molar refractivity (Wildman–Crippen MR) is 132 cm³/mol. The lowest BCUT2D eigenvalue weighted by Gasteiger charge is -2.41. The molecule has 36 heavy (non-hydrogen) atoms. The van der Waals surface area contributed by atoms with Crippen LogP contribution in [0.3, 0.4) is 0 Å². The molecule has 192 valence electrons. The minimum atomic E-state index is -0.987. The van der Waals surface area contributed by atoms with E-state index in [1.54, 1.807) is 7.05 Å². The van der Waals surface area contributed by atoms with Crippen molar-refractivity contribution < 1.29 is 23.6 Å². The molecule has 1 fully saturated rings. The second-order valence-electron chi connectivity index (χ2n) is 8.91. The number of amides is 4. The van der Waals surface area contributed by atoms with Gasteiger partial charge in [0.15, 0.2) is 5.01 Å². The summed E-state index contributed by atoms with van der Waals surface area (Å²) in [5, 5.41) is 5.25. The van der Waals surface area contributed by atoms with Crippen LogP contribution in [0.1, 0.15) is 26.8 Å². The summed E-state index contributed by atoms with van der Waals surface area (Å²) in [5.74, 6) is -2.96. The lowest BCUT2D eigenvalue weighted by atomic mass is 9.98. The number of nitrogens with zero attached hydrogens (tertiary/aromatic N) is 4. The van der Waals surface area contributed by atoms with Crippen LogP contribution in [-0.4, -0.2) is 89.6 Å². The molecule has 2 atom stereocenters. The van der Waals surface area contributed by atoms with Crippen LogP contribution >= 0.6 is 22.9 Å². The van der Waals surface area contributed by atoms with E-state index in [9.17, 15) is 23.6 Å². The molecule has 1 aromatic carbocycles. The summed E-state index contributed by atoms with van der Waals surface area (Å²) in [5.41, 5.74) is 1.00. The number of piperidine rings is 1. The minimum Gasteiger partial charge on any atom is -0.343 e. The van der Waals surface area contributed by atoms with Crippen LogP contribution in [0.2, 0.25) is 5.02 Å². The average Bonchev–Trinajstić information content (AvgIpc) is 3.28. The molecule has 1 saturated heterocycles. The highest BCUT2D eigenvalue weighted by atomic mass is 35.5. The maximum Gasteiger partial charge on any atom is 0.313 e. The fourth-order valence-electron chi connectivity index (χ4n) is 4.32. The number of likely N-dealkylation sites (N-methyl/N-ethyl adjacent to an activating group) is 2. The molecule has 4 rings (SSSR count). The van der Waals surface area contributed by atoms with Crippen LogP contribution in [0.15, 0.2) is 18.2 Å². The molecule has 4 amide bonds. The Balaban J connectivity index is 1.46. The first kappa shape index (κ1) is 26.0. The first-order valence-corrected chi connectivity index (χ1v) is 12.6. The fourth-order valence-corrected chi connectivity index (χ4v) is 5.61. The maximum atomic E-state index is 13.7. The fraction of sp³-hybridized carbons (Fsp3) is 0.435. The number of fused-ring (bicyclic) bond motifs is 1. The van der Waals surface area contributed by atoms with Gasteiger partial charge in [-0.05, 0) is 31.7 Å². The minimum absolute atomic E-state index is 0.0788. The number of hydrogen-bond donors (Lipinski definition) is 2. The quantitative estimate of drug-likeness (QED) is 0.440. The molecular formula is C23H26ClFN6O4S. The van der Waals surface area contributed by atoms with Gasteiger partial charge < -0.3 is 25.3 Å². The average molecular weight is 537 g/mol. The van der Waals surface area contributed by atoms with E-state index in [1.807, 2.05) is 7.05 Å². The Labute approximate surface area is 216 Å². The molecule has 2 aromatic rings. The third-order valence-corrected chi connectivity index (χ3v) is 7.76. The highest BCUT2D eigenvalue weighted by Gasteiger charge is 2.37. The number of aromatic nitrogens is 1. The number of likely N-dealkylation sites (tertiary alicyclic amines) is 1. The Morgan fingerprint density at radius 2 is 2.06 bits per heavy atom. The van der Waals surface area contributed by atoms with Gasteiger partial charge in [0.05, 0.1) is 22.8 Å². The Hall–Kier alpha value is -3.09. The maximum absolute atomic E-state index is 13.7. The third kappa shape index (κ3) is 5.66. The summed E-state index contributed by atoms with van der Waals surface area (Å²) in [6.45, 7) is 2.15. The normalized spacial score (nSPS) is 19.8. The highest BCUT2D eigenvalue weighted by Crippen LogP contribution is 2.26. The molecule has 0 bridgehead atoms. The van der Waals surface area contributed by atoms with Crippen molar-refractivity contribution in [3.63, 3.8) is 0 Å². The molecule has 0 saturated carbocycles. The van der Waals surface area contributed by atoms with Crippen molar-refractivity contribution in [3.05, 3.63) is 44.6 Å². The van der Waals surface area contributed by atoms with E-state index < -0.39 is 29.7 Å². The van der Waals surface area contributed by atoms with Gasteiger partial charge in [-0.1, -0.05) is 11.6 Å².